The van der Waals surface area contributed by atoms with Crippen molar-refractivity contribution < 1.29 is 0 Å². The number of nitrogens with zero attached hydrogens (tertiary/aromatic N) is 1. The van der Waals surface area contributed by atoms with Crippen LogP contribution in [0.1, 0.15) is 53.9 Å². The minimum Gasteiger partial charge on any atom is -0.198 e. The summed E-state index contributed by atoms with van der Waals surface area (Å²) >= 11 is 0. The maximum absolute atomic E-state index is 9.05. The molecule has 0 N–H and O–H groups in total. The van der Waals surface area contributed by atoms with Crippen LogP contribution in [0.25, 0.3) is 0 Å². The molecule has 1 saturated carbocycles. The maximum atomic E-state index is 9.05. The highest BCUT2D eigenvalue weighted by atomic mass is 14.4. The van der Waals surface area contributed by atoms with E-state index < -0.39 is 0 Å². The Bertz CT molecular complexity index is 241. The van der Waals surface area contributed by atoms with Gasteiger partial charge >= 0.3 is 0 Å². The molecule has 3 unspecified atom stereocenters. The number of hydrogen-bond acceptors (Lipinski definition) is 1. The molecule has 0 aromatic carbocycles. The van der Waals surface area contributed by atoms with Crippen molar-refractivity contribution in [2.24, 2.45) is 29.1 Å². The second kappa shape index (κ2) is 4.56. The van der Waals surface area contributed by atoms with Gasteiger partial charge in [-0.25, -0.2) is 0 Å². The van der Waals surface area contributed by atoms with Crippen LogP contribution in [0.15, 0.2) is 0 Å². The minimum absolute atomic E-state index is 0.309. The molecule has 0 aromatic rings. The van der Waals surface area contributed by atoms with Gasteiger partial charge in [0.15, 0.2) is 0 Å². The highest BCUT2D eigenvalue weighted by molar-refractivity contribution is 4.95. The van der Waals surface area contributed by atoms with Gasteiger partial charge < -0.3 is 0 Å². The Morgan fingerprint density at radius 2 is 1.80 bits per heavy atom. The van der Waals surface area contributed by atoms with E-state index in [1.165, 1.54) is 6.42 Å². The zero-order valence-corrected chi connectivity index (χ0v) is 10.9. The van der Waals surface area contributed by atoms with Crippen LogP contribution in [0.3, 0.4) is 0 Å². The summed E-state index contributed by atoms with van der Waals surface area (Å²) in [7, 11) is 0. The van der Waals surface area contributed by atoms with E-state index in [1.807, 2.05) is 0 Å². The molecular weight excluding hydrogens is 182 g/mol. The molecular formula is C14H25N. The average Bonchev–Trinajstić information content (AvgIpc) is 2.15. The van der Waals surface area contributed by atoms with Crippen molar-refractivity contribution in [3.05, 3.63) is 0 Å². The van der Waals surface area contributed by atoms with E-state index >= 15 is 0 Å². The van der Waals surface area contributed by atoms with Crippen LogP contribution in [0.5, 0.6) is 0 Å². The molecule has 86 valence electrons. The van der Waals surface area contributed by atoms with Gasteiger partial charge in [0.25, 0.3) is 0 Å². The molecule has 0 saturated heterocycles. The summed E-state index contributed by atoms with van der Waals surface area (Å²) < 4.78 is 0. The lowest BCUT2D eigenvalue weighted by Crippen LogP contribution is -2.36. The fraction of sp³-hybridized carbons (Fsp3) is 0.929. The summed E-state index contributed by atoms with van der Waals surface area (Å²) in [5.74, 6) is 2.60. The zero-order valence-electron chi connectivity index (χ0n) is 10.9. The molecule has 0 aromatic heterocycles. The summed E-state index contributed by atoms with van der Waals surface area (Å²) in [6.07, 6.45) is 3.48. The minimum atomic E-state index is 0.309. The molecule has 0 heterocycles. The summed E-state index contributed by atoms with van der Waals surface area (Å²) in [5, 5.41) is 9.05. The Labute approximate surface area is 94.9 Å². The molecule has 1 aliphatic carbocycles. The lowest BCUT2D eigenvalue weighted by molar-refractivity contribution is 0.0617. The topological polar surface area (TPSA) is 23.8 Å². The first-order valence-corrected chi connectivity index (χ1v) is 6.26. The van der Waals surface area contributed by atoms with E-state index in [1.54, 1.807) is 0 Å². The summed E-state index contributed by atoms with van der Waals surface area (Å²) in [6.45, 7) is 11.6. The lowest BCUT2D eigenvalue weighted by atomic mass is 9.61. The van der Waals surface area contributed by atoms with Crippen molar-refractivity contribution >= 4 is 0 Å². The molecule has 1 aliphatic rings. The van der Waals surface area contributed by atoms with E-state index in [-0.39, 0.29) is 0 Å². The quantitative estimate of drug-likeness (QED) is 0.630. The van der Waals surface area contributed by atoms with E-state index in [9.17, 15) is 0 Å². The van der Waals surface area contributed by atoms with Gasteiger partial charge in [0.1, 0.15) is 0 Å². The number of nitriles is 1. The summed E-state index contributed by atoms with van der Waals surface area (Å²) in [4.78, 5) is 0. The average molecular weight is 207 g/mol. The largest absolute Gasteiger partial charge is 0.198 e. The van der Waals surface area contributed by atoms with Gasteiger partial charge in [-0.1, -0.05) is 34.6 Å². The third-order valence-electron chi connectivity index (χ3n) is 4.05. The van der Waals surface area contributed by atoms with Gasteiger partial charge in [-0.05, 0) is 42.4 Å². The van der Waals surface area contributed by atoms with Crippen LogP contribution in [-0.4, -0.2) is 0 Å². The first-order valence-electron chi connectivity index (χ1n) is 6.26. The lowest BCUT2D eigenvalue weighted by Gasteiger charge is -2.44. The fourth-order valence-electron chi connectivity index (χ4n) is 3.10. The van der Waals surface area contributed by atoms with E-state index in [2.05, 4.69) is 40.7 Å². The molecule has 0 bridgehead atoms. The van der Waals surface area contributed by atoms with Gasteiger partial charge in [0.05, 0.1) is 6.07 Å². The van der Waals surface area contributed by atoms with Crippen molar-refractivity contribution in [3.63, 3.8) is 0 Å². The predicted octanol–water partition coefficient (Wildman–Crippen LogP) is 4.24. The number of rotatable bonds is 1. The third-order valence-corrected chi connectivity index (χ3v) is 4.05. The van der Waals surface area contributed by atoms with Crippen LogP contribution in [0.2, 0.25) is 0 Å². The monoisotopic (exact) mass is 207 g/mol. The van der Waals surface area contributed by atoms with Crippen molar-refractivity contribution in [3.8, 4) is 6.07 Å². The molecule has 0 radical (unpaired) electrons. The Morgan fingerprint density at radius 1 is 1.20 bits per heavy atom. The van der Waals surface area contributed by atoms with Crippen molar-refractivity contribution in [1.29, 1.82) is 5.26 Å². The molecule has 1 rings (SSSR count). The van der Waals surface area contributed by atoms with Gasteiger partial charge in [-0.3, -0.25) is 0 Å². The first-order chi connectivity index (χ1) is 6.86. The molecule has 1 heteroatoms. The standard InChI is InChI=1S/C14H25N/c1-10(2)12-7-6-11(9-15)8-13(12)14(3,4)5/h10-13H,6-8H2,1-5H3. The van der Waals surface area contributed by atoms with Gasteiger partial charge in [0.2, 0.25) is 0 Å². The van der Waals surface area contributed by atoms with Crippen molar-refractivity contribution in [2.45, 2.75) is 53.9 Å². The Hall–Kier alpha value is -0.510. The second-order valence-corrected chi connectivity index (χ2v) is 6.52. The SMILES string of the molecule is CC(C)C1CCC(C#N)CC1C(C)(C)C. The van der Waals surface area contributed by atoms with Crippen LogP contribution in [-0.2, 0) is 0 Å². The molecule has 3 atom stereocenters. The van der Waals surface area contributed by atoms with Crippen LogP contribution < -0.4 is 0 Å². The highest BCUT2D eigenvalue weighted by Gasteiger charge is 2.38. The summed E-state index contributed by atoms with van der Waals surface area (Å²) in [5.41, 5.74) is 0.352. The number of hydrogen-bond donors (Lipinski definition) is 0. The second-order valence-electron chi connectivity index (χ2n) is 6.52. The molecule has 1 nitrogen and oxygen atoms in total. The van der Waals surface area contributed by atoms with E-state index in [0.29, 0.717) is 11.3 Å². The Morgan fingerprint density at radius 3 is 2.20 bits per heavy atom. The van der Waals surface area contributed by atoms with Crippen molar-refractivity contribution in [2.75, 3.05) is 0 Å². The van der Waals surface area contributed by atoms with Crippen molar-refractivity contribution in [1.82, 2.24) is 0 Å². The highest BCUT2D eigenvalue weighted by Crippen LogP contribution is 2.46. The first kappa shape index (κ1) is 12.6. The third kappa shape index (κ3) is 2.97. The smallest absolute Gasteiger partial charge is 0.0655 e. The van der Waals surface area contributed by atoms with Crippen LogP contribution in [0, 0.1) is 40.4 Å². The van der Waals surface area contributed by atoms with E-state index in [4.69, 9.17) is 5.26 Å². The van der Waals surface area contributed by atoms with Gasteiger partial charge in [-0.2, -0.15) is 5.26 Å². The van der Waals surface area contributed by atoms with Gasteiger partial charge in [-0.15, -0.1) is 0 Å². The molecule has 15 heavy (non-hydrogen) atoms. The molecule has 0 amide bonds. The molecule has 0 spiro atoms. The van der Waals surface area contributed by atoms with E-state index in [0.717, 1.165) is 30.6 Å². The van der Waals surface area contributed by atoms with Crippen LogP contribution >= 0.6 is 0 Å². The van der Waals surface area contributed by atoms with Gasteiger partial charge in [0, 0.05) is 5.92 Å². The molecule has 1 fully saturated rings. The maximum Gasteiger partial charge on any atom is 0.0655 e. The molecule has 0 aliphatic heterocycles. The zero-order chi connectivity index (χ0) is 11.6. The Balaban J connectivity index is 2.79. The van der Waals surface area contributed by atoms with Crippen LogP contribution in [0.4, 0.5) is 0 Å². The summed E-state index contributed by atoms with van der Waals surface area (Å²) in [6, 6.07) is 2.47. The Kier molecular flexibility index (Phi) is 3.82. The normalized spacial score (nSPS) is 32.7. The fourth-order valence-corrected chi connectivity index (χ4v) is 3.10. The predicted molar refractivity (Wildman–Crippen MR) is 64.2 cm³/mol.